The van der Waals surface area contributed by atoms with Gasteiger partial charge >= 0.3 is 0 Å². The molecular weight excluding hydrogens is 310 g/mol. The summed E-state index contributed by atoms with van der Waals surface area (Å²) in [6, 6.07) is 8.84. The topological polar surface area (TPSA) is 29.5 Å². The van der Waals surface area contributed by atoms with Crippen molar-refractivity contribution in [2.75, 3.05) is 34.3 Å². The molecule has 0 aliphatic heterocycles. The van der Waals surface area contributed by atoms with Gasteiger partial charge in [0.05, 0.1) is 21.1 Å². The summed E-state index contributed by atoms with van der Waals surface area (Å²) in [6.45, 7) is 1.07. The quantitative estimate of drug-likeness (QED) is 0.799. The van der Waals surface area contributed by atoms with Crippen molar-refractivity contribution in [2.45, 2.75) is 50.0 Å². The van der Waals surface area contributed by atoms with E-state index < -0.39 is 6.10 Å². The minimum absolute atomic E-state index is 0.367. The number of benzene rings is 1. The highest BCUT2D eigenvalue weighted by Gasteiger charge is 2.51. The van der Waals surface area contributed by atoms with E-state index in [4.69, 9.17) is 4.74 Å². The Labute approximate surface area is 152 Å². The molecule has 138 valence electrons. The third-order valence-corrected chi connectivity index (χ3v) is 6.71. The third kappa shape index (κ3) is 3.73. The van der Waals surface area contributed by atoms with E-state index in [-0.39, 0.29) is 0 Å². The maximum Gasteiger partial charge on any atom is 0.137 e. The number of rotatable bonds is 6. The standard InChI is InChI=1S/C22H34NO2/c1-23(2,3)14-20(24)15-25-21-6-4-19(5-7-21)22-11-16-8-17(12-22)10-18(9-16)13-22/h4-7,16-18,20,24H,8-15H2,1-3H3/q+1/t16?,17?,18?,20-,22?/m0/s1. The number of aliphatic hydroxyl groups excluding tert-OH is 1. The van der Waals surface area contributed by atoms with Crippen molar-refractivity contribution < 1.29 is 14.3 Å². The molecule has 4 fully saturated rings. The van der Waals surface area contributed by atoms with Crippen LogP contribution >= 0.6 is 0 Å². The summed E-state index contributed by atoms with van der Waals surface area (Å²) in [4.78, 5) is 0. The van der Waals surface area contributed by atoms with E-state index in [2.05, 4.69) is 45.4 Å². The normalized spacial score (nSPS) is 35.0. The van der Waals surface area contributed by atoms with E-state index in [9.17, 15) is 5.11 Å². The van der Waals surface area contributed by atoms with Crippen molar-refractivity contribution in [1.29, 1.82) is 0 Å². The van der Waals surface area contributed by atoms with Crippen LogP contribution in [-0.4, -0.2) is 50.0 Å². The van der Waals surface area contributed by atoms with Crippen LogP contribution in [0.25, 0.3) is 0 Å². The fourth-order valence-corrected chi connectivity index (χ4v) is 6.25. The molecule has 4 aliphatic rings. The van der Waals surface area contributed by atoms with Gasteiger partial charge in [0.1, 0.15) is 25.0 Å². The van der Waals surface area contributed by atoms with Crippen LogP contribution in [-0.2, 0) is 5.41 Å². The lowest BCUT2D eigenvalue weighted by Crippen LogP contribution is -2.48. The van der Waals surface area contributed by atoms with Crippen LogP contribution < -0.4 is 4.74 Å². The Morgan fingerprint density at radius 2 is 1.52 bits per heavy atom. The number of quaternary nitrogens is 1. The zero-order valence-corrected chi connectivity index (χ0v) is 16.1. The average Bonchev–Trinajstić information content (AvgIpc) is 2.50. The largest absolute Gasteiger partial charge is 0.491 e. The van der Waals surface area contributed by atoms with Crippen LogP contribution in [0.15, 0.2) is 24.3 Å². The third-order valence-electron chi connectivity index (χ3n) is 6.71. The van der Waals surface area contributed by atoms with Crippen LogP contribution in [0.1, 0.15) is 44.1 Å². The summed E-state index contributed by atoms with van der Waals surface area (Å²) in [6.07, 6.45) is 8.26. The van der Waals surface area contributed by atoms with Crippen LogP contribution in [0.5, 0.6) is 5.75 Å². The molecule has 1 aromatic rings. The minimum atomic E-state index is -0.428. The molecule has 4 saturated carbocycles. The second-order valence-corrected chi connectivity index (χ2v) is 10.2. The van der Waals surface area contributed by atoms with Crippen molar-refractivity contribution in [3.05, 3.63) is 29.8 Å². The molecule has 1 N–H and O–H groups in total. The molecule has 3 heteroatoms. The number of ether oxygens (including phenoxy) is 1. The summed E-state index contributed by atoms with van der Waals surface area (Å²) >= 11 is 0. The molecule has 0 unspecified atom stereocenters. The van der Waals surface area contributed by atoms with Gasteiger partial charge in [0.25, 0.3) is 0 Å². The zero-order chi connectivity index (χ0) is 17.7. The van der Waals surface area contributed by atoms with Crippen LogP contribution in [0.4, 0.5) is 0 Å². The van der Waals surface area contributed by atoms with Gasteiger partial charge in [0.2, 0.25) is 0 Å². The lowest BCUT2D eigenvalue weighted by Gasteiger charge is -2.57. The molecule has 4 aliphatic carbocycles. The minimum Gasteiger partial charge on any atom is -0.491 e. The summed E-state index contributed by atoms with van der Waals surface area (Å²) in [7, 11) is 6.26. The maximum atomic E-state index is 10.1. The molecule has 0 aromatic heterocycles. The molecule has 3 nitrogen and oxygen atoms in total. The molecule has 1 aromatic carbocycles. The van der Waals surface area contributed by atoms with Crippen molar-refractivity contribution in [3.8, 4) is 5.75 Å². The predicted molar refractivity (Wildman–Crippen MR) is 101 cm³/mol. The van der Waals surface area contributed by atoms with Gasteiger partial charge in [-0.1, -0.05) is 12.1 Å². The number of nitrogens with zero attached hydrogens (tertiary/aromatic N) is 1. The summed E-state index contributed by atoms with van der Waals surface area (Å²) in [5.41, 5.74) is 1.99. The van der Waals surface area contributed by atoms with Gasteiger partial charge in [0.15, 0.2) is 0 Å². The molecule has 25 heavy (non-hydrogen) atoms. The Bertz CT molecular complexity index is 566. The number of aliphatic hydroxyl groups is 1. The second kappa shape index (κ2) is 6.28. The van der Waals surface area contributed by atoms with Crippen molar-refractivity contribution in [1.82, 2.24) is 0 Å². The zero-order valence-electron chi connectivity index (χ0n) is 16.1. The highest BCUT2D eigenvalue weighted by molar-refractivity contribution is 5.34. The number of hydrogen-bond acceptors (Lipinski definition) is 2. The van der Waals surface area contributed by atoms with Gasteiger partial charge in [-0.25, -0.2) is 0 Å². The Morgan fingerprint density at radius 1 is 1.00 bits per heavy atom. The molecule has 0 saturated heterocycles. The first-order valence-electron chi connectivity index (χ1n) is 10.0. The molecular formula is C22H34NO2+. The van der Waals surface area contributed by atoms with Crippen LogP contribution in [0.2, 0.25) is 0 Å². The molecule has 4 bridgehead atoms. The highest BCUT2D eigenvalue weighted by Crippen LogP contribution is 2.60. The van der Waals surface area contributed by atoms with Crippen molar-refractivity contribution in [3.63, 3.8) is 0 Å². The highest BCUT2D eigenvalue weighted by atomic mass is 16.5. The second-order valence-electron chi connectivity index (χ2n) is 10.2. The predicted octanol–water partition coefficient (Wildman–Crippen LogP) is 3.60. The Hall–Kier alpha value is -1.06. The number of hydrogen-bond donors (Lipinski definition) is 1. The number of likely N-dealkylation sites (N-methyl/N-ethyl adjacent to an activating group) is 1. The van der Waals surface area contributed by atoms with E-state index in [1.807, 2.05) is 0 Å². The van der Waals surface area contributed by atoms with Gasteiger partial charge in [-0.05, 0) is 79.4 Å². The average molecular weight is 345 g/mol. The monoisotopic (exact) mass is 344 g/mol. The summed E-state index contributed by atoms with van der Waals surface area (Å²) in [5.74, 6) is 3.82. The van der Waals surface area contributed by atoms with Gasteiger partial charge in [-0.3, -0.25) is 0 Å². The first-order chi connectivity index (χ1) is 11.8. The Balaban J connectivity index is 1.39. The van der Waals surface area contributed by atoms with E-state index >= 15 is 0 Å². The van der Waals surface area contributed by atoms with Crippen molar-refractivity contribution in [2.24, 2.45) is 17.8 Å². The Morgan fingerprint density at radius 3 is 2.00 bits per heavy atom. The molecule has 0 heterocycles. The molecule has 5 rings (SSSR count). The fourth-order valence-electron chi connectivity index (χ4n) is 6.25. The summed E-state index contributed by atoms with van der Waals surface area (Å²) in [5, 5.41) is 10.1. The van der Waals surface area contributed by atoms with Gasteiger partial charge in [-0.2, -0.15) is 0 Å². The molecule has 0 spiro atoms. The van der Waals surface area contributed by atoms with E-state index in [1.54, 1.807) is 0 Å². The van der Waals surface area contributed by atoms with Gasteiger partial charge in [0, 0.05) is 0 Å². The molecule has 1 atom stereocenters. The summed E-state index contributed by atoms with van der Waals surface area (Å²) < 4.78 is 6.57. The van der Waals surface area contributed by atoms with Gasteiger partial charge < -0.3 is 14.3 Å². The lowest BCUT2D eigenvalue weighted by molar-refractivity contribution is -0.873. The smallest absolute Gasteiger partial charge is 0.137 e. The SMILES string of the molecule is C[N+](C)(C)C[C@H](O)COc1ccc(C23CC4CC(CC(C4)C2)C3)cc1. The first-order valence-corrected chi connectivity index (χ1v) is 10.0. The maximum absolute atomic E-state index is 10.1. The first kappa shape index (κ1) is 17.4. The molecule has 0 amide bonds. The van der Waals surface area contributed by atoms with Gasteiger partial charge in [-0.15, -0.1) is 0 Å². The Kier molecular flexibility index (Phi) is 4.36. The van der Waals surface area contributed by atoms with Crippen LogP contribution in [0.3, 0.4) is 0 Å². The lowest BCUT2D eigenvalue weighted by atomic mass is 9.48. The van der Waals surface area contributed by atoms with Crippen molar-refractivity contribution >= 4 is 0 Å². The molecule has 0 radical (unpaired) electrons. The van der Waals surface area contributed by atoms with E-state index in [0.29, 0.717) is 18.6 Å². The fraction of sp³-hybridized carbons (Fsp3) is 0.727. The van der Waals surface area contributed by atoms with E-state index in [0.717, 1.165) is 28.0 Å². The van der Waals surface area contributed by atoms with E-state index in [1.165, 1.54) is 44.1 Å². The van der Waals surface area contributed by atoms with Crippen LogP contribution in [0, 0.1) is 17.8 Å².